The van der Waals surface area contributed by atoms with Gasteiger partial charge in [0.05, 0.1) is 33.6 Å². The molecule has 306 valence electrons. The monoisotopic (exact) mass is 803 g/mol. The summed E-state index contributed by atoms with van der Waals surface area (Å²) in [6, 6.07) is 26.7. The molecule has 2 saturated heterocycles. The van der Waals surface area contributed by atoms with Gasteiger partial charge >= 0.3 is 6.01 Å². The Kier molecular flexibility index (Phi) is 11.3. The smallest absolute Gasteiger partial charge is 0.319 e. The van der Waals surface area contributed by atoms with Crippen molar-refractivity contribution in [1.82, 2.24) is 25.2 Å². The van der Waals surface area contributed by atoms with Crippen molar-refractivity contribution in [3.63, 3.8) is 0 Å². The summed E-state index contributed by atoms with van der Waals surface area (Å²) in [5.41, 5.74) is 4.22. The first-order valence-electron chi connectivity index (χ1n) is 21.5. The number of nitrogens with zero attached hydrogens (tertiary/aromatic N) is 5. The van der Waals surface area contributed by atoms with E-state index in [0.29, 0.717) is 76.9 Å². The van der Waals surface area contributed by atoms with E-state index in [2.05, 4.69) is 35.3 Å². The molecule has 0 radical (unpaired) electrons. The maximum absolute atomic E-state index is 17.9. The lowest BCUT2D eigenvalue weighted by Crippen LogP contribution is -2.43. The Bertz CT molecular complexity index is 2550. The van der Waals surface area contributed by atoms with Crippen LogP contribution in [-0.4, -0.2) is 70.4 Å². The number of fused-ring (bicyclic) bond motifs is 2. The SMILES string of the molecule is C#Cc1c(F)ccc2cc(N=C(c3ccccc3)c3ccccc3)cc(-c3nc4c5c(nc(OCC67CCCN6CCC7)nc5c3F)NCCNCC(C(C)C)CCC4)c12. The molecular weight excluding hydrogens is 753 g/mol. The van der Waals surface area contributed by atoms with Gasteiger partial charge in [0.2, 0.25) is 0 Å². The van der Waals surface area contributed by atoms with Gasteiger partial charge < -0.3 is 15.4 Å². The third kappa shape index (κ3) is 7.73. The van der Waals surface area contributed by atoms with Crippen LogP contribution in [0.2, 0.25) is 0 Å². The number of aryl methyl sites for hydroxylation is 1. The normalized spacial score (nSPS) is 18.0. The van der Waals surface area contributed by atoms with Crippen LogP contribution in [0.3, 0.4) is 0 Å². The van der Waals surface area contributed by atoms with Crippen molar-refractivity contribution in [3.05, 3.63) is 119 Å². The zero-order valence-corrected chi connectivity index (χ0v) is 34.4. The number of aliphatic imine (C=N–C) groups is 1. The highest BCUT2D eigenvalue weighted by Crippen LogP contribution is 2.42. The molecule has 0 amide bonds. The van der Waals surface area contributed by atoms with Crippen LogP contribution in [0.4, 0.5) is 20.3 Å². The lowest BCUT2D eigenvalue weighted by Gasteiger charge is -2.31. The van der Waals surface area contributed by atoms with E-state index in [0.717, 1.165) is 75.0 Å². The molecule has 2 N–H and O–H groups in total. The first kappa shape index (κ1) is 39.7. The third-order valence-corrected chi connectivity index (χ3v) is 12.8. The van der Waals surface area contributed by atoms with Crippen LogP contribution < -0.4 is 15.4 Å². The Hall–Kier alpha value is -5.76. The molecule has 2 fully saturated rings. The van der Waals surface area contributed by atoms with Gasteiger partial charge in [-0.15, -0.1) is 6.42 Å². The number of hydrogen-bond acceptors (Lipinski definition) is 8. The van der Waals surface area contributed by atoms with Gasteiger partial charge in [-0.25, -0.2) is 18.8 Å². The first-order valence-corrected chi connectivity index (χ1v) is 21.5. The zero-order chi connectivity index (χ0) is 41.2. The maximum atomic E-state index is 17.9. The molecule has 2 aromatic heterocycles. The summed E-state index contributed by atoms with van der Waals surface area (Å²) >= 11 is 0. The van der Waals surface area contributed by atoms with Crippen LogP contribution in [0.15, 0.2) is 89.9 Å². The minimum atomic E-state index is -0.656. The number of nitrogens with one attached hydrogen (secondary N) is 2. The number of halogens is 2. The summed E-state index contributed by atoms with van der Waals surface area (Å²) in [6.07, 6.45) is 12.7. The summed E-state index contributed by atoms with van der Waals surface area (Å²) in [5.74, 6) is 2.78. The molecule has 0 spiro atoms. The second-order valence-corrected chi connectivity index (χ2v) is 16.9. The number of terminal acetylenes is 1. The fourth-order valence-corrected chi connectivity index (χ4v) is 9.63. The molecular formula is C50H51F2N7O. The van der Waals surface area contributed by atoms with E-state index in [1.54, 1.807) is 12.1 Å². The first-order chi connectivity index (χ1) is 29.3. The summed E-state index contributed by atoms with van der Waals surface area (Å²) < 4.78 is 40.1. The Morgan fingerprint density at radius 2 is 1.65 bits per heavy atom. The molecule has 0 bridgehead atoms. The summed E-state index contributed by atoms with van der Waals surface area (Å²) in [6.45, 7) is 9.24. The van der Waals surface area contributed by atoms with Crippen molar-refractivity contribution in [2.45, 2.75) is 64.3 Å². The number of hydrogen-bond donors (Lipinski definition) is 2. The van der Waals surface area contributed by atoms with Crippen LogP contribution in [0, 0.1) is 35.8 Å². The molecule has 9 rings (SSSR count). The third-order valence-electron chi connectivity index (χ3n) is 12.8. The minimum Gasteiger partial charge on any atom is -0.461 e. The summed E-state index contributed by atoms with van der Waals surface area (Å²) in [7, 11) is 0. The number of rotatable bonds is 8. The largest absolute Gasteiger partial charge is 0.461 e. The van der Waals surface area contributed by atoms with Crippen LogP contribution in [0.1, 0.15) is 74.8 Å². The van der Waals surface area contributed by atoms with Crippen molar-refractivity contribution in [1.29, 1.82) is 0 Å². The molecule has 4 aromatic carbocycles. The Balaban J connectivity index is 1.26. The molecule has 10 heteroatoms. The van der Waals surface area contributed by atoms with Gasteiger partial charge in [-0.1, -0.05) is 86.5 Å². The van der Waals surface area contributed by atoms with Gasteiger partial charge in [0.1, 0.15) is 29.5 Å². The minimum absolute atomic E-state index is 0.0312. The number of pyridine rings is 1. The molecule has 3 aliphatic heterocycles. The predicted molar refractivity (Wildman–Crippen MR) is 237 cm³/mol. The second-order valence-electron chi connectivity index (χ2n) is 16.9. The highest BCUT2D eigenvalue weighted by atomic mass is 19.1. The lowest BCUT2D eigenvalue weighted by molar-refractivity contribution is 0.108. The van der Waals surface area contributed by atoms with Crippen molar-refractivity contribution in [2.75, 3.05) is 44.6 Å². The highest BCUT2D eigenvalue weighted by Gasteiger charge is 2.45. The number of ether oxygens (including phenoxy) is 1. The number of benzene rings is 4. The molecule has 0 aliphatic carbocycles. The van der Waals surface area contributed by atoms with Gasteiger partial charge in [0.25, 0.3) is 0 Å². The summed E-state index contributed by atoms with van der Waals surface area (Å²) in [4.78, 5) is 22.7. The van der Waals surface area contributed by atoms with Crippen LogP contribution >= 0.6 is 0 Å². The lowest BCUT2D eigenvalue weighted by atomic mass is 9.89. The van der Waals surface area contributed by atoms with Gasteiger partial charge in [-0.05, 0) is 100 Å². The molecule has 3 aliphatic rings. The van der Waals surface area contributed by atoms with Gasteiger partial charge in [0.15, 0.2) is 5.82 Å². The van der Waals surface area contributed by atoms with E-state index in [4.69, 9.17) is 31.1 Å². The van der Waals surface area contributed by atoms with E-state index >= 15 is 8.78 Å². The highest BCUT2D eigenvalue weighted by molar-refractivity contribution is 6.14. The van der Waals surface area contributed by atoms with Gasteiger partial charge in [-0.3, -0.25) is 4.90 Å². The van der Waals surface area contributed by atoms with E-state index in [1.807, 2.05) is 66.7 Å². The van der Waals surface area contributed by atoms with Crippen molar-refractivity contribution < 1.29 is 13.5 Å². The van der Waals surface area contributed by atoms with E-state index in [1.165, 1.54) is 6.07 Å². The molecule has 1 unspecified atom stereocenters. The summed E-state index contributed by atoms with van der Waals surface area (Å²) in [5, 5.41) is 8.65. The van der Waals surface area contributed by atoms with Crippen LogP contribution in [-0.2, 0) is 6.42 Å². The Morgan fingerprint density at radius 3 is 2.35 bits per heavy atom. The van der Waals surface area contributed by atoms with E-state index in [-0.39, 0.29) is 28.3 Å². The number of aromatic nitrogens is 3. The van der Waals surface area contributed by atoms with E-state index < -0.39 is 11.6 Å². The average molecular weight is 804 g/mol. The standard InChI is InChI=1S/C50H51F2N7O/c1-4-38-40(51)21-20-35-28-37(55-45(33-14-7-5-8-15-33)34-16-9-6-10-17-34)29-39(42(35)38)46-44(52)47-43-41(56-46)19-11-18-36(32(2)3)30-53-24-25-54-48(43)58-49(57-47)60-31-50-22-12-26-59(50)27-13-23-50/h1,5-10,14-17,20-21,28-29,32,36,53H,11-13,18-19,22-27,30-31H2,2-3H3,(H,54,57,58). The quantitative estimate of drug-likeness (QED) is 0.117. The Labute approximate surface area is 350 Å². The van der Waals surface area contributed by atoms with Gasteiger partial charge in [0, 0.05) is 35.2 Å². The second kappa shape index (κ2) is 17.1. The molecule has 1 atom stereocenters. The van der Waals surface area contributed by atoms with Gasteiger partial charge in [-0.2, -0.15) is 9.97 Å². The topological polar surface area (TPSA) is 87.6 Å². The molecule has 5 heterocycles. The predicted octanol–water partition coefficient (Wildman–Crippen LogP) is 9.89. The van der Waals surface area contributed by atoms with Crippen molar-refractivity contribution >= 4 is 38.9 Å². The molecule has 0 saturated carbocycles. The van der Waals surface area contributed by atoms with E-state index in [9.17, 15) is 0 Å². The molecule has 8 nitrogen and oxygen atoms in total. The number of anilines is 1. The van der Waals surface area contributed by atoms with Crippen LogP contribution in [0.5, 0.6) is 6.01 Å². The fourth-order valence-electron chi connectivity index (χ4n) is 9.63. The van der Waals surface area contributed by atoms with Crippen molar-refractivity contribution in [2.24, 2.45) is 16.8 Å². The molecule has 6 aromatic rings. The zero-order valence-electron chi connectivity index (χ0n) is 34.4. The Morgan fingerprint density at radius 1 is 0.917 bits per heavy atom. The maximum Gasteiger partial charge on any atom is 0.319 e. The fraction of sp³-hybridized carbons (Fsp3) is 0.360. The molecule has 60 heavy (non-hydrogen) atoms. The van der Waals surface area contributed by atoms with Crippen LogP contribution in [0.25, 0.3) is 32.9 Å². The van der Waals surface area contributed by atoms with Crippen molar-refractivity contribution in [3.8, 4) is 29.6 Å². The average Bonchev–Trinajstić information content (AvgIpc) is 3.85.